The first-order valence-electron chi connectivity index (χ1n) is 10.6. The van der Waals surface area contributed by atoms with Gasteiger partial charge in [-0.2, -0.15) is 13.2 Å². The molecule has 1 fully saturated rings. The zero-order valence-electron chi connectivity index (χ0n) is 17.4. The summed E-state index contributed by atoms with van der Waals surface area (Å²) in [6.07, 6.45) is -2.39. The number of amides is 2. The van der Waals surface area contributed by atoms with Crippen LogP contribution in [0.15, 0.2) is 48.5 Å². The van der Waals surface area contributed by atoms with Gasteiger partial charge in [-0.3, -0.25) is 9.59 Å². The number of likely N-dealkylation sites (tertiary alicyclic amines) is 1. The monoisotopic (exact) mass is 447 g/mol. The van der Waals surface area contributed by atoms with Gasteiger partial charge in [-0.05, 0) is 43.5 Å². The highest BCUT2D eigenvalue weighted by atomic mass is 19.4. The molecule has 0 aromatic heterocycles. The first-order chi connectivity index (χ1) is 15.3. The van der Waals surface area contributed by atoms with Crippen LogP contribution in [0.25, 0.3) is 0 Å². The molecule has 170 valence electrons. The molecule has 2 aliphatic rings. The van der Waals surface area contributed by atoms with Crippen LogP contribution in [0.4, 0.5) is 24.5 Å². The number of ether oxygens (including phenoxy) is 1. The summed E-state index contributed by atoms with van der Waals surface area (Å²) in [6.45, 7) is 1.28. The zero-order chi connectivity index (χ0) is 22.7. The number of carbonyl (C=O) groups is 2. The highest BCUT2D eigenvalue weighted by Crippen LogP contribution is 2.36. The Bertz CT molecular complexity index is 990. The van der Waals surface area contributed by atoms with E-state index < -0.39 is 23.8 Å². The summed E-state index contributed by atoms with van der Waals surface area (Å²) in [5.41, 5.74) is -0.587. The quantitative estimate of drug-likeness (QED) is 0.772. The molecular weight excluding hydrogens is 423 g/mol. The van der Waals surface area contributed by atoms with E-state index in [1.165, 1.54) is 18.2 Å². The van der Waals surface area contributed by atoms with Crippen molar-refractivity contribution >= 4 is 23.2 Å². The molecule has 1 saturated heterocycles. The Morgan fingerprint density at radius 1 is 1.00 bits per heavy atom. The molecule has 2 amide bonds. The Hall–Kier alpha value is -3.23. The van der Waals surface area contributed by atoms with Gasteiger partial charge in [0.1, 0.15) is 5.75 Å². The molecule has 4 rings (SSSR count). The van der Waals surface area contributed by atoms with Crippen LogP contribution >= 0.6 is 0 Å². The largest absolute Gasteiger partial charge is 0.477 e. The third kappa shape index (κ3) is 4.81. The summed E-state index contributed by atoms with van der Waals surface area (Å²) in [6, 6.07) is 11.9. The number of fused-ring (bicyclic) bond motifs is 1. The van der Waals surface area contributed by atoms with Crippen molar-refractivity contribution in [3.8, 4) is 5.75 Å². The molecule has 2 aromatic rings. The third-order valence-electron chi connectivity index (χ3n) is 5.65. The third-order valence-corrected chi connectivity index (χ3v) is 5.65. The molecule has 0 radical (unpaired) electrons. The fraction of sp³-hybridized carbons (Fsp3) is 0.391. The van der Waals surface area contributed by atoms with Crippen molar-refractivity contribution in [2.45, 2.75) is 31.5 Å². The summed E-state index contributed by atoms with van der Waals surface area (Å²) in [5.74, 6) is -0.271. The van der Waals surface area contributed by atoms with Crippen molar-refractivity contribution in [2.75, 3.05) is 36.4 Å². The lowest BCUT2D eigenvalue weighted by atomic mass is 10.1. The van der Waals surface area contributed by atoms with E-state index in [0.29, 0.717) is 24.5 Å². The summed E-state index contributed by atoms with van der Waals surface area (Å²) in [7, 11) is 0. The molecule has 0 spiro atoms. The second-order valence-electron chi connectivity index (χ2n) is 7.93. The van der Waals surface area contributed by atoms with E-state index in [4.69, 9.17) is 4.74 Å². The van der Waals surface area contributed by atoms with Gasteiger partial charge in [-0.25, -0.2) is 0 Å². The lowest BCUT2D eigenvalue weighted by Crippen LogP contribution is -2.52. The van der Waals surface area contributed by atoms with Gasteiger partial charge in [0.2, 0.25) is 5.91 Å². The summed E-state index contributed by atoms with van der Waals surface area (Å²) < 4.78 is 45.7. The number of hydrogen-bond acceptors (Lipinski definition) is 4. The van der Waals surface area contributed by atoms with Crippen molar-refractivity contribution in [3.63, 3.8) is 0 Å². The van der Waals surface area contributed by atoms with Gasteiger partial charge in [-0.15, -0.1) is 0 Å². The second kappa shape index (κ2) is 9.10. The number of carbonyl (C=O) groups excluding carboxylic acids is 2. The molecule has 1 N–H and O–H groups in total. The number of anilines is 2. The van der Waals surface area contributed by atoms with Crippen LogP contribution < -0.4 is 15.0 Å². The van der Waals surface area contributed by atoms with E-state index in [0.717, 1.165) is 25.3 Å². The second-order valence-corrected chi connectivity index (χ2v) is 7.93. The fourth-order valence-corrected chi connectivity index (χ4v) is 4.11. The first kappa shape index (κ1) is 22.0. The molecule has 2 aromatic carbocycles. The van der Waals surface area contributed by atoms with Crippen molar-refractivity contribution in [2.24, 2.45) is 0 Å². The SMILES string of the molecule is O=C(CN1CC(C(=O)N2CCCCC2)Oc2ccccc21)Nc1ccccc1C(F)(F)F. The number of para-hydroxylation sites is 3. The van der Waals surface area contributed by atoms with Crippen molar-refractivity contribution in [3.05, 3.63) is 54.1 Å². The minimum Gasteiger partial charge on any atom is -0.477 e. The fourth-order valence-electron chi connectivity index (χ4n) is 4.11. The van der Waals surface area contributed by atoms with E-state index >= 15 is 0 Å². The van der Waals surface area contributed by atoms with Gasteiger partial charge >= 0.3 is 6.18 Å². The molecule has 1 atom stereocenters. The molecule has 0 bridgehead atoms. The van der Waals surface area contributed by atoms with E-state index in [9.17, 15) is 22.8 Å². The van der Waals surface area contributed by atoms with Crippen LogP contribution in [0, 0.1) is 0 Å². The minimum atomic E-state index is -4.58. The van der Waals surface area contributed by atoms with Crippen LogP contribution in [0.5, 0.6) is 5.75 Å². The molecule has 0 aliphatic carbocycles. The predicted octanol–water partition coefficient (Wildman–Crippen LogP) is 3.92. The number of nitrogens with zero attached hydrogens (tertiary/aromatic N) is 2. The Balaban J connectivity index is 1.51. The number of rotatable bonds is 4. The Labute approximate surface area is 183 Å². The number of nitrogens with one attached hydrogen (secondary N) is 1. The van der Waals surface area contributed by atoms with Crippen LogP contribution in [-0.2, 0) is 15.8 Å². The molecule has 9 heteroatoms. The maximum atomic E-state index is 13.3. The van der Waals surface area contributed by atoms with Gasteiger partial charge in [0, 0.05) is 13.1 Å². The van der Waals surface area contributed by atoms with Gasteiger partial charge in [-0.1, -0.05) is 24.3 Å². The topological polar surface area (TPSA) is 61.9 Å². The lowest BCUT2D eigenvalue weighted by Gasteiger charge is -2.38. The number of hydrogen-bond donors (Lipinski definition) is 1. The van der Waals surface area contributed by atoms with Crippen molar-refractivity contribution < 1.29 is 27.5 Å². The standard InChI is InChI=1S/C23H24F3N3O3/c24-23(25,26)16-8-2-3-9-17(16)27-21(30)15-29-14-20(22(31)28-12-6-1-7-13-28)32-19-11-5-4-10-18(19)29/h2-5,8-11,20H,1,6-7,12-15H2,(H,27,30). The highest BCUT2D eigenvalue weighted by Gasteiger charge is 2.36. The molecule has 0 saturated carbocycles. The summed E-state index contributed by atoms with van der Waals surface area (Å²) in [5, 5.41) is 2.37. The summed E-state index contributed by atoms with van der Waals surface area (Å²) in [4.78, 5) is 29.1. The van der Waals surface area contributed by atoms with Crippen molar-refractivity contribution in [1.82, 2.24) is 4.90 Å². The average Bonchev–Trinajstić information content (AvgIpc) is 2.78. The van der Waals surface area contributed by atoms with Crippen LogP contribution in [0.3, 0.4) is 0 Å². The molecule has 6 nitrogen and oxygen atoms in total. The van der Waals surface area contributed by atoms with Crippen molar-refractivity contribution in [1.29, 1.82) is 0 Å². The van der Waals surface area contributed by atoms with Gasteiger partial charge in [0.05, 0.1) is 30.0 Å². The molecular formula is C23H24F3N3O3. The average molecular weight is 447 g/mol. The minimum absolute atomic E-state index is 0.132. The predicted molar refractivity (Wildman–Crippen MR) is 114 cm³/mol. The molecule has 1 unspecified atom stereocenters. The molecule has 2 aliphatic heterocycles. The van der Waals surface area contributed by atoms with Gasteiger partial charge < -0.3 is 19.9 Å². The Morgan fingerprint density at radius 2 is 1.69 bits per heavy atom. The van der Waals surface area contributed by atoms with E-state index in [1.54, 1.807) is 34.1 Å². The summed E-state index contributed by atoms with van der Waals surface area (Å²) >= 11 is 0. The Kier molecular flexibility index (Phi) is 6.25. The number of piperidine rings is 1. The molecule has 32 heavy (non-hydrogen) atoms. The zero-order valence-corrected chi connectivity index (χ0v) is 17.4. The van der Waals surface area contributed by atoms with Crippen LogP contribution in [0.2, 0.25) is 0 Å². The Morgan fingerprint density at radius 3 is 2.44 bits per heavy atom. The van der Waals surface area contributed by atoms with Gasteiger partial charge in [0.25, 0.3) is 5.91 Å². The van der Waals surface area contributed by atoms with Crippen LogP contribution in [0.1, 0.15) is 24.8 Å². The normalized spacial score (nSPS) is 18.5. The highest BCUT2D eigenvalue weighted by molar-refractivity contribution is 5.95. The molecule has 2 heterocycles. The van der Waals surface area contributed by atoms with E-state index in [1.807, 2.05) is 0 Å². The number of benzene rings is 2. The number of halogens is 3. The van der Waals surface area contributed by atoms with Gasteiger partial charge in [0.15, 0.2) is 6.10 Å². The lowest BCUT2D eigenvalue weighted by molar-refractivity contribution is -0.139. The van der Waals surface area contributed by atoms with Crippen LogP contribution in [-0.4, -0.2) is 49.0 Å². The maximum Gasteiger partial charge on any atom is 0.418 e. The number of alkyl halides is 3. The smallest absolute Gasteiger partial charge is 0.418 e. The van der Waals surface area contributed by atoms with E-state index in [-0.39, 0.29) is 24.7 Å². The first-order valence-corrected chi connectivity index (χ1v) is 10.6. The van der Waals surface area contributed by atoms with E-state index in [2.05, 4.69) is 5.32 Å². The maximum absolute atomic E-state index is 13.3.